The summed E-state index contributed by atoms with van der Waals surface area (Å²) in [5.41, 5.74) is 1.22. The number of rotatable bonds is 3. The average molecular weight is 392 g/mol. The van der Waals surface area contributed by atoms with Gasteiger partial charge >= 0.3 is 0 Å². The Labute approximate surface area is 152 Å². The minimum absolute atomic E-state index is 0.0237. The van der Waals surface area contributed by atoms with E-state index in [0.29, 0.717) is 6.04 Å². The molecule has 1 saturated carbocycles. The number of carbonyl (C=O) groups is 1. The largest absolute Gasteiger partial charge is 0.368 e. The number of amides is 1. The monoisotopic (exact) mass is 391 g/mol. The Kier molecular flexibility index (Phi) is 4.81. The van der Waals surface area contributed by atoms with Gasteiger partial charge in [0.1, 0.15) is 0 Å². The Morgan fingerprint density at radius 2 is 2.04 bits per heavy atom. The summed E-state index contributed by atoms with van der Waals surface area (Å²) in [4.78, 5) is 15.0. The third-order valence-electron chi connectivity index (χ3n) is 5.91. The van der Waals surface area contributed by atoms with Crippen molar-refractivity contribution < 1.29 is 4.79 Å². The van der Waals surface area contributed by atoms with Crippen molar-refractivity contribution in [3.05, 3.63) is 28.7 Å². The topological polar surface area (TPSA) is 44.4 Å². The molecule has 2 N–H and O–H groups in total. The molecule has 0 spiro atoms. The second-order valence-corrected chi connectivity index (χ2v) is 8.35. The maximum atomic E-state index is 12.7. The fourth-order valence-electron chi connectivity index (χ4n) is 4.63. The zero-order valence-corrected chi connectivity index (χ0v) is 15.6. The van der Waals surface area contributed by atoms with Gasteiger partial charge in [-0.3, -0.25) is 4.79 Å². The molecule has 130 valence electrons. The van der Waals surface area contributed by atoms with E-state index in [1.54, 1.807) is 0 Å². The molecule has 2 heterocycles. The van der Waals surface area contributed by atoms with E-state index in [1.807, 2.05) is 6.07 Å². The predicted octanol–water partition coefficient (Wildman–Crippen LogP) is 3.06. The van der Waals surface area contributed by atoms with Gasteiger partial charge in [0.05, 0.1) is 11.7 Å². The van der Waals surface area contributed by atoms with Crippen LogP contribution in [-0.2, 0) is 4.79 Å². The van der Waals surface area contributed by atoms with Crippen molar-refractivity contribution in [2.45, 2.75) is 56.7 Å². The first-order chi connectivity index (χ1) is 11.7. The summed E-state index contributed by atoms with van der Waals surface area (Å²) in [6.07, 6.45) is 7.23. The Morgan fingerprint density at radius 1 is 1.21 bits per heavy atom. The summed E-state index contributed by atoms with van der Waals surface area (Å²) in [5.74, 6) is 0.929. The van der Waals surface area contributed by atoms with Crippen LogP contribution in [0.15, 0.2) is 28.7 Å². The number of nitrogens with one attached hydrogen (secondary N) is 2. The summed E-state index contributed by atoms with van der Waals surface area (Å²) in [5, 5.41) is 6.88. The van der Waals surface area contributed by atoms with Crippen LogP contribution in [0.5, 0.6) is 0 Å². The number of anilines is 1. The maximum absolute atomic E-state index is 12.7. The fraction of sp³-hybridized carbons (Fsp3) is 0.632. The molecule has 1 aromatic carbocycles. The summed E-state index contributed by atoms with van der Waals surface area (Å²) in [6.45, 7) is 1.89. The second kappa shape index (κ2) is 7.04. The van der Waals surface area contributed by atoms with Gasteiger partial charge in [-0.2, -0.15) is 0 Å². The van der Waals surface area contributed by atoms with Gasteiger partial charge < -0.3 is 15.5 Å². The summed E-state index contributed by atoms with van der Waals surface area (Å²) >= 11 is 3.63. The number of fused-ring (bicyclic) bond motifs is 1. The van der Waals surface area contributed by atoms with Gasteiger partial charge in [0.25, 0.3) is 0 Å². The van der Waals surface area contributed by atoms with E-state index in [9.17, 15) is 4.79 Å². The highest BCUT2D eigenvalue weighted by atomic mass is 79.9. The van der Waals surface area contributed by atoms with Crippen molar-refractivity contribution in [2.75, 3.05) is 18.0 Å². The Hall–Kier alpha value is -1.07. The lowest BCUT2D eigenvalue weighted by Gasteiger charge is -2.24. The summed E-state index contributed by atoms with van der Waals surface area (Å²) < 4.78 is 1.12. The summed E-state index contributed by atoms with van der Waals surface area (Å²) in [6, 6.07) is 9.17. The van der Waals surface area contributed by atoms with Gasteiger partial charge in [0.2, 0.25) is 5.91 Å². The molecule has 0 bridgehead atoms. The van der Waals surface area contributed by atoms with E-state index in [1.165, 1.54) is 31.4 Å². The molecule has 2 saturated heterocycles. The van der Waals surface area contributed by atoms with Crippen LogP contribution in [0.4, 0.5) is 5.69 Å². The number of benzene rings is 1. The average Bonchev–Trinajstić information content (AvgIpc) is 3.22. The van der Waals surface area contributed by atoms with Crippen molar-refractivity contribution in [3.8, 4) is 0 Å². The van der Waals surface area contributed by atoms with Crippen LogP contribution in [0.25, 0.3) is 0 Å². The molecule has 1 aromatic rings. The van der Waals surface area contributed by atoms with Crippen molar-refractivity contribution in [1.82, 2.24) is 10.6 Å². The van der Waals surface area contributed by atoms with Gasteiger partial charge in [0.15, 0.2) is 0 Å². The molecule has 3 aliphatic rings. The van der Waals surface area contributed by atoms with Gasteiger partial charge in [-0.1, -0.05) is 25.0 Å². The number of halogens is 1. The molecule has 4 rings (SSSR count). The van der Waals surface area contributed by atoms with Crippen LogP contribution in [0.2, 0.25) is 0 Å². The van der Waals surface area contributed by atoms with E-state index in [0.717, 1.165) is 36.3 Å². The third kappa shape index (κ3) is 3.33. The number of para-hydroxylation sites is 1. The number of hydrogen-bond donors (Lipinski definition) is 2. The van der Waals surface area contributed by atoms with E-state index in [-0.39, 0.29) is 18.0 Å². The summed E-state index contributed by atoms with van der Waals surface area (Å²) in [7, 11) is 0. The van der Waals surface area contributed by atoms with Crippen LogP contribution in [0.3, 0.4) is 0 Å². The highest BCUT2D eigenvalue weighted by Gasteiger charge is 2.39. The highest BCUT2D eigenvalue weighted by molar-refractivity contribution is 9.10. The molecule has 4 unspecified atom stereocenters. The zero-order chi connectivity index (χ0) is 16.5. The molecule has 24 heavy (non-hydrogen) atoms. The number of carbonyl (C=O) groups excluding carboxylic acids is 1. The van der Waals surface area contributed by atoms with Gasteiger partial charge in [-0.25, -0.2) is 0 Å². The molecular weight excluding hydrogens is 366 g/mol. The van der Waals surface area contributed by atoms with Crippen molar-refractivity contribution in [3.63, 3.8) is 0 Å². The Morgan fingerprint density at radius 3 is 2.88 bits per heavy atom. The molecule has 4 nitrogen and oxygen atoms in total. The zero-order valence-electron chi connectivity index (χ0n) is 14.0. The number of nitrogens with zero attached hydrogens (tertiary/aromatic N) is 1. The lowest BCUT2D eigenvalue weighted by atomic mass is 9.85. The van der Waals surface area contributed by atoms with E-state index >= 15 is 0 Å². The molecule has 3 fully saturated rings. The third-order valence-corrected chi connectivity index (χ3v) is 6.58. The van der Waals surface area contributed by atoms with Crippen LogP contribution >= 0.6 is 15.9 Å². The molecule has 4 atom stereocenters. The SMILES string of the molecule is O=C(NC1CCN(c2ccccc2Br)C1)C1CC2CCCCC2N1. The lowest BCUT2D eigenvalue weighted by Crippen LogP contribution is -2.47. The predicted molar refractivity (Wildman–Crippen MR) is 100 cm³/mol. The molecule has 0 aromatic heterocycles. The van der Waals surface area contributed by atoms with Crippen LogP contribution in [-0.4, -0.2) is 37.1 Å². The van der Waals surface area contributed by atoms with Crippen LogP contribution < -0.4 is 15.5 Å². The normalized spacial score (nSPS) is 32.6. The molecular formula is C19H26BrN3O. The van der Waals surface area contributed by atoms with Crippen LogP contribution in [0.1, 0.15) is 38.5 Å². The van der Waals surface area contributed by atoms with Gasteiger partial charge in [-0.05, 0) is 59.7 Å². The second-order valence-electron chi connectivity index (χ2n) is 7.50. The van der Waals surface area contributed by atoms with Crippen LogP contribution in [0, 0.1) is 5.92 Å². The molecule has 5 heteroatoms. The van der Waals surface area contributed by atoms with E-state index in [4.69, 9.17) is 0 Å². The molecule has 1 amide bonds. The minimum atomic E-state index is 0.0237. The first-order valence-electron chi connectivity index (χ1n) is 9.26. The Balaban J connectivity index is 1.32. The standard InChI is InChI=1S/C19H26BrN3O/c20-15-6-2-4-8-18(15)23-10-9-14(12-23)21-19(24)17-11-13-5-1-3-7-16(13)22-17/h2,4,6,8,13-14,16-17,22H,1,3,5,7,9-12H2,(H,21,24). The van der Waals surface area contributed by atoms with Gasteiger partial charge in [0, 0.05) is 29.6 Å². The quantitative estimate of drug-likeness (QED) is 0.831. The van der Waals surface area contributed by atoms with E-state index in [2.05, 4.69) is 49.7 Å². The maximum Gasteiger partial charge on any atom is 0.237 e. The molecule has 0 radical (unpaired) electrons. The van der Waals surface area contributed by atoms with Crippen molar-refractivity contribution in [1.29, 1.82) is 0 Å². The number of hydrogen-bond acceptors (Lipinski definition) is 3. The molecule has 1 aliphatic carbocycles. The van der Waals surface area contributed by atoms with E-state index < -0.39 is 0 Å². The van der Waals surface area contributed by atoms with Crippen molar-refractivity contribution >= 4 is 27.5 Å². The fourth-order valence-corrected chi connectivity index (χ4v) is 5.16. The molecule has 2 aliphatic heterocycles. The smallest absolute Gasteiger partial charge is 0.237 e. The van der Waals surface area contributed by atoms with Gasteiger partial charge in [-0.15, -0.1) is 0 Å². The Bertz CT molecular complexity index is 594. The highest BCUT2D eigenvalue weighted by Crippen LogP contribution is 2.33. The lowest BCUT2D eigenvalue weighted by molar-refractivity contribution is -0.123. The first-order valence-corrected chi connectivity index (χ1v) is 10.1. The minimum Gasteiger partial charge on any atom is -0.368 e. The van der Waals surface area contributed by atoms with Crippen molar-refractivity contribution in [2.24, 2.45) is 5.92 Å². The first kappa shape index (κ1) is 16.4.